The van der Waals surface area contributed by atoms with Crippen molar-refractivity contribution in [1.82, 2.24) is 5.01 Å². The standard InChI is InChI=1S/C17H17N3O2/c1-17(2)20(16(21)18-14-11-7-4-8-12-14)19-15(22-17)13-9-5-3-6-10-13/h3-12H,1-2H3,(H,18,21). The molecule has 5 nitrogen and oxygen atoms in total. The molecule has 112 valence electrons. The van der Waals surface area contributed by atoms with Gasteiger partial charge in [0.1, 0.15) is 0 Å². The summed E-state index contributed by atoms with van der Waals surface area (Å²) in [6, 6.07) is 18.5. The van der Waals surface area contributed by atoms with Crippen LogP contribution in [-0.4, -0.2) is 22.7 Å². The number of nitrogens with one attached hydrogen (secondary N) is 1. The molecule has 0 aliphatic carbocycles. The number of nitrogens with zero attached hydrogens (tertiary/aromatic N) is 2. The zero-order chi connectivity index (χ0) is 15.6. The van der Waals surface area contributed by atoms with Crippen LogP contribution in [0.2, 0.25) is 0 Å². The van der Waals surface area contributed by atoms with Crippen molar-refractivity contribution in [3.8, 4) is 0 Å². The SMILES string of the molecule is CC1(C)OC(c2ccccc2)=NN1C(=O)Nc1ccccc1. The van der Waals surface area contributed by atoms with Crippen LogP contribution in [0.1, 0.15) is 19.4 Å². The summed E-state index contributed by atoms with van der Waals surface area (Å²) in [5.41, 5.74) is 0.710. The molecule has 0 radical (unpaired) electrons. The van der Waals surface area contributed by atoms with Crippen LogP contribution >= 0.6 is 0 Å². The maximum Gasteiger partial charge on any atom is 0.345 e. The summed E-state index contributed by atoms with van der Waals surface area (Å²) in [6.07, 6.45) is 0. The summed E-state index contributed by atoms with van der Waals surface area (Å²) in [5, 5.41) is 8.46. The van der Waals surface area contributed by atoms with E-state index in [0.717, 1.165) is 5.56 Å². The molecule has 0 saturated carbocycles. The maximum atomic E-state index is 12.4. The van der Waals surface area contributed by atoms with Crippen molar-refractivity contribution in [3.05, 3.63) is 66.2 Å². The highest BCUT2D eigenvalue weighted by Crippen LogP contribution is 2.27. The van der Waals surface area contributed by atoms with Gasteiger partial charge in [-0.05, 0) is 38.1 Å². The van der Waals surface area contributed by atoms with Crippen molar-refractivity contribution < 1.29 is 9.53 Å². The molecule has 1 N–H and O–H groups in total. The number of ether oxygens (including phenoxy) is 1. The first-order valence-electron chi connectivity index (χ1n) is 7.05. The van der Waals surface area contributed by atoms with Crippen LogP contribution in [0.5, 0.6) is 0 Å². The summed E-state index contributed by atoms with van der Waals surface area (Å²) < 4.78 is 5.82. The number of carbonyl (C=O) groups is 1. The Bertz CT molecular complexity index is 696. The molecule has 0 spiro atoms. The summed E-state index contributed by atoms with van der Waals surface area (Å²) >= 11 is 0. The van der Waals surface area contributed by atoms with Crippen molar-refractivity contribution in [3.63, 3.8) is 0 Å². The molecule has 2 aromatic rings. The van der Waals surface area contributed by atoms with Gasteiger partial charge in [-0.15, -0.1) is 5.10 Å². The largest absolute Gasteiger partial charge is 0.448 e. The molecule has 2 aromatic carbocycles. The van der Waals surface area contributed by atoms with Gasteiger partial charge in [-0.25, -0.2) is 4.79 Å². The van der Waals surface area contributed by atoms with E-state index in [-0.39, 0.29) is 6.03 Å². The number of carbonyl (C=O) groups excluding carboxylic acids is 1. The lowest BCUT2D eigenvalue weighted by atomic mass is 10.2. The molecule has 0 fully saturated rings. The second-order valence-corrected chi connectivity index (χ2v) is 5.43. The molecule has 0 bridgehead atoms. The Morgan fingerprint density at radius 1 is 1.05 bits per heavy atom. The monoisotopic (exact) mass is 295 g/mol. The molecule has 3 rings (SSSR count). The Kier molecular flexibility index (Phi) is 3.55. The summed E-state index contributed by atoms with van der Waals surface area (Å²) in [5.74, 6) is 0.439. The smallest absolute Gasteiger partial charge is 0.345 e. The average molecular weight is 295 g/mol. The topological polar surface area (TPSA) is 53.9 Å². The number of amides is 2. The van der Waals surface area contributed by atoms with Gasteiger partial charge in [-0.3, -0.25) is 0 Å². The van der Waals surface area contributed by atoms with Crippen LogP contribution in [0, 0.1) is 0 Å². The molecule has 2 amide bonds. The number of hydrazone groups is 1. The number of urea groups is 1. The highest BCUT2D eigenvalue weighted by molar-refractivity contribution is 5.98. The predicted molar refractivity (Wildman–Crippen MR) is 85.4 cm³/mol. The number of rotatable bonds is 2. The van der Waals surface area contributed by atoms with Crippen LogP contribution in [0.3, 0.4) is 0 Å². The van der Waals surface area contributed by atoms with Gasteiger partial charge in [0.2, 0.25) is 11.6 Å². The normalized spacial score (nSPS) is 15.9. The van der Waals surface area contributed by atoms with E-state index in [0.29, 0.717) is 11.6 Å². The second kappa shape index (κ2) is 5.52. The molecule has 0 saturated heterocycles. The summed E-state index contributed by atoms with van der Waals surface area (Å²) in [6.45, 7) is 3.61. The van der Waals surface area contributed by atoms with Gasteiger partial charge in [-0.2, -0.15) is 5.01 Å². The van der Waals surface area contributed by atoms with Crippen molar-refractivity contribution >= 4 is 17.6 Å². The van der Waals surface area contributed by atoms with Gasteiger partial charge < -0.3 is 10.1 Å². The lowest BCUT2D eigenvalue weighted by molar-refractivity contribution is 0.00105. The van der Waals surface area contributed by atoms with Crippen molar-refractivity contribution in [2.24, 2.45) is 5.10 Å². The molecular formula is C17H17N3O2. The Labute approximate surface area is 129 Å². The minimum Gasteiger partial charge on any atom is -0.448 e. The molecule has 0 unspecified atom stereocenters. The number of hydrogen-bond acceptors (Lipinski definition) is 3. The second-order valence-electron chi connectivity index (χ2n) is 5.43. The first-order valence-corrected chi connectivity index (χ1v) is 7.05. The molecular weight excluding hydrogens is 278 g/mol. The Morgan fingerprint density at radius 3 is 2.27 bits per heavy atom. The van der Waals surface area contributed by atoms with Gasteiger partial charge in [0.25, 0.3) is 0 Å². The molecule has 0 aromatic heterocycles. The maximum absolute atomic E-state index is 12.4. The van der Waals surface area contributed by atoms with E-state index in [9.17, 15) is 4.79 Å². The number of benzene rings is 2. The van der Waals surface area contributed by atoms with Gasteiger partial charge >= 0.3 is 6.03 Å². The average Bonchev–Trinajstić information content (AvgIpc) is 2.85. The fourth-order valence-corrected chi connectivity index (χ4v) is 2.20. The fraction of sp³-hybridized carbons (Fsp3) is 0.176. The molecule has 5 heteroatoms. The van der Waals surface area contributed by atoms with E-state index in [2.05, 4.69) is 10.4 Å². The third kappa shape index (κ3) is 2.79. The van der Waals surface area contributed by atoms with Crippen LogP contribution < -0.4 is 5.32 Å². The Hall–Kier alpha value is -2.82. The van der Waals surface area contributed by atoms with Gasteiger partial charge in [0, 0.05) is 11.3 Å². The number of anilines is 1. The van der Waals surface area contributed by atoms with Gasteiger partial charge in [0.15, 0.2) is 0 Å². The fourth-order valence-electron chi connectivity index (χ4n) is 2.20. The van der Waals surface area contributed by atoms with Crippen molar-refractivity contribution in [1.29, 1.82) is 0 Å². The Morgan fingerprint density at radius 2 is 1.64 bits per heavy atom. The third-order valence-electron chi connectivity index (χ3n) is 3.29. The first kappa shape index (κ1) is 14.1. The highest BCUT2D eigenvalue weighted by atomic mass is 16.6. The number of para-hydroxylation sites is 1. The van der Waals surface area contributed by atoms with Crippen molar-refractivity contribution in [2.75, 3.05) is 5.32 Å². The molecule has 22 heavy (non-hydrogen) atoms. The summed E-state index contributed by atoms with van der Waals surface area (Å²) in [4.78, 5) is 12.4. The zero-order valence-electron chi connectivity index (χ0n) is 12.5. The van der Waals surface area contributed by atoms with E-state index in [1.807, 2.05) is 60.7 Å². The van der Waals surface area contributed by atoms with Crippen LogP contribution in [0.4, 0.5) is 10.5 Å². The van der Waals surface area contributed by atoms with E-state index in [1.165, 1.54) is 5.01 Å². The van der Waals surface area contributed by atoms with E-state index >= 15 is 0 Å². The predicted octanol–water partition coefficient (Wildman–Crippen LogP) is 3.65. The van der Waals surface area contributed by atoms with E-state index < -0.39 is 5.72 Å². The lowest BCUT2D eigenvalue weighted by Gasteiger charge is -2.27. The minimum absolute atomic E-state index is 0.331. The molecule has 1 heterocycles. The number of hydrogen-bond donors (Lipinski definition) is 1. The molecule has 0 atom stereocenters. The van der Waals surface area contributed by atoms with Gasteiger partial charge in [-0.1, -0.05) is 36.4 Å². The first-order chi connectivity index (χ1) is 10.6. The van der Waals surface area contributed by atoms with Crippen LogP contribution in [0.25, 0.3) is 0 Å². The van der Waals surface area contributed by atoms with Gasteiger partial charge in [0.05, 0.1) is 0 Å². The Balaban J connectivity index is 1.82. The molecule has 1 aliphatic heterocycles. The lowest BCUT2D eigenvalue weighted by Crippen LogP contribution is -2.44. The van der Waals surface area contributed by atoms with Crippen LogP contribution in [-0.2, 0) is 4.74 Å². The van der Waals surface area contributed by atoms with E-state index in [4.69, 9.17) is 4.74 Å². The minimum atomic E-state index is -0.843. The molecule has 1 aliphatic rings. The van der Waals surface area contributed by atoms with Crippen LogP contribution in [0.15, 0.2) is 65.8 Å². The third-order valence-corrected chi connectivity index (χ3v) is 3.29. The zero-order valence-corrected chi connectivity index (χ0v) is 12.5. The van der Waals surface area contributed by atoms with Crippen molar-refractivity contribution in [2.45, 2.75) is 19.6 Å². The highest BCUT2D eigenvalue weighted by Gasteiger charge is 2.40. The van der Waals surface area contributed by atoms with E-state index in [1.54, 1.807) is 13.8 Å². The quantitative estimate of drug-likeness (QED) is 0.919. The summed E-state index contributed by atoms with van der Waals surface area (Å²) in [7, 11) is 0.